The van der Waals surface area contributed by atoms with Crippen molar-refractivity contribution in [2.45, 2.75) is 62.1 Å². The number of nitrogens with one attached hydrogen (secondary N) is 1. The molecule has 1 heterocycles. The molecule has 1 amide bonds. The molecular weight excluding hydrogens is 320 g/mol. The average Bonchev–Trinajstić information content (AvgIpc) is 2.84. The molecule has 4 nitrogen and oxygen atoms in total. The number of amides is 1. The number of carbonyl (C=O) groups is 1. The number of hydrogen-bond donors (Lipinski definition) is 1. The molecule has 0 atom stereocenters. The van der Waals surface area contributed by atoms with Crippen LogP contribution in [0.5, 0.6) is 0 Å². The van der Waals surface area contributed by atoms with Crippen LogP contribution in [-0.2, 0) is 5.75 Å². The summed E-state index contributed by atoms with van der Waals surface area (Å²) in [7, 11) is 0. The summed E-state index contributed by atoms with van der Waals surface area (Å²) in [5.74, 6) is 1.55. The zero-order valence-electron chi connectivity index (χ0n) is 14.1. The van der Waals surface area contributed by atoms with E-state index in [1.54, 1.807) is 11.8 Å². The van der Waals surface area contributed by atoms with Gasteiger partial charge in [0, 0.05) is 17.0 Å². The highest BCUT2D eigenvalue weighted by atomic mass is 32.2. The van der Waals surface area contributed by atoms with Gasteiger partial charge in [-0.3, -0.25) is 4.79 Å². The summed E-state index contributed by atoms with van der Waals surface area (Å²) in [4.78, 5) is 13.7. The van der Waals surface area contributed by atoms with Gasteiger partial charge in [-0.05, 0) is 31.9 Å². The number of aryl methyl sites for hydroxylation is 1. The summed E-state index contributed by atoms with van der Waals surface area (Å²) >= 11 is 1.61. The smallest absolute Gasteiger partial charge is 0.252 e. The molecular formula is C19H24N2O2S. The predicted molar refractivity (Wildman–Crippen MR) is 96.2 cm³/mol. The van der Waals surface area contributed by atoms with Gasteiger partial charge in [0.05, 0.1) is 17.0 Å². The first-order valence-electron chi connectivity index (χ1n) is 8.67. The zero-order valence-corrected chi connectivity index (χ0v) is 14.9. The molecule has 0 saturated heterocycles. The van der Waals surface area contributed by atoms with Crippen LogP contribution in [0, 0.1) is 6.92 Å². The van der Waals surface area contributed by atoms with Crippen molar-refractivity contribution in [3.05, 3.63) is 47.3 Å². The van der Waals surface area contributed by atoms with E-state index >= 15 is 0 Å². The molecule has 0 spiro atoms. The number of carbonyl (C=O) groups excluding carboxylic acids is 1. The number of aromatic nitrogens is 1. The van der Waals surface area contributed by atoms with Gasteiger partial charge < -0.3 is 9.84 Å². The first-order valence-corrected chi connectivity index (χ1v) is 9.66. The molecule has 1 saturated carbocycles. The van der Waals surface area contributed by atoms with Gasteiger partial charge in [0.15, 0.2) is 0 Å². The van der Waals surface area contributed by atoms with Crippen molar-refractivity contribution < 1.29 is 9.32 Å². The second-order valence-electron chi connectivity index (χ2n) is 6.38. The van der Waals surface area contributed by atoms with Crippen molar-refractivity contribution in [3.63, 3.8) is 0 Å². The predicted octanol–water partition coefficient (Wildman–Crippen LogP) is 4.73. The van der Waals surface area contributed by atoms with Crippen LogP contribution < -0.4 is 5.32 Å². The number of thioether (sulfide) groups is 1. The maximum atomic E-state index is 12.7. The number of nitrogens with zero attached hydrogens (tertiary/aromatic N) is 1. The molecule has 2 aromatic rings. The Labute approximate surface area is 147 Å². The van der Waals surface area contributed by atoms with Crippen LogP contribution in [0.15, 0.2) is 39.8 Å². The van der Waals surface area contributed by atoms with Crippen LogP contribution in [0.4, 0.5) is 0 Å². The van der Waals surface area contributed by atoms with Gasteiger partial charge in [-0.2, -0.15) is 0 Å². The molecule has 0 unspecified atom stereocenters. The van der Waals surface area contributed by atoms with Crippen molar-refractivity contribution in [2.75, 3.05) is 0 Å². The van der Waals surface area contributed by atoms with Gasteiger partial charge in [-0.25, -0.2) is 0 Å². The minimum absolute atomic E-state index is 0.0405. The van der Waals surface area contributed by atoms with Crippen LogP contribution >= 0.6 is 11.8 Å². The lowest BCUT2D eigenvalue weighted by atomic mass is 10.1. The monoisotopic (exact) mass is 344 g/mol. The molecule has 1 aliphatic carbocycles. The Morgan fingerprint density at radius 2 is 2.00 bits per heavy atom. The van der Waals surface area contributed by atoms with Crippen molar-refractivity contribution in [1.82, 2.24) is 10.5 Å². The fourth-order valence-electron chi connectivity index (χ4n) is 3.10. The second kappa shape index (κ2) is 8.38. The highest BCUT2D eigenvalue weighted by Crippen LogP contribution is 2.27. The Bertz CT molecular complexity index is 676. The van der Waals surface area contributed by atoms with Crippen molar-refractivity contribution >= 4 is 17.7 Å². The fraction of sp³-hybridized carbons (Fsp3) is 0.474. The van der Waals surface area contributed by atoms with Crippen LogP contribution in [0.3, 0.4) is 0 Å². The third-order valence-electron chi connectivity index (χ3n) is 4.37. The van der Waals surface area contributed by atoms with E-state index in [4.69, 9.17) is 4.52 Å². The lowest BCUT2D eigenvalue weighted by molar-refractivity contribution is 0.0930. The molecule has 128 valence electrons. The molecule has 5 heteroatoms. The summed E-state index contributed by atoms with van der Waals surface area (Å²) in [6, 6.07) is 10.0. The zero-order chi connectivity index (χ0) is 16.8. The van der Waals surface area contributed by atoms with Gasteiger partial charge in [0.1, 0.15) is 5.76 Å². The van der Waals surface area contributed by atoms with E-state index in [0.717, 1.165) is 34.8 Å². The van der Waals surface area contributed by atoms with Crippen molar-refractivity contribution in [1.29, 1.82) is 0 Å². The Balaban J connectivity index is 1.65. The molecule has 0 bridgehead atoms. The van der Waals surface area contributed by atoms with Crippen LogP contribution in [0.2, 0.25) is 0 Å². The minimum Gasteiger partial charge on any atom is -0.360 e. The third kappa shape index (κ3) is 4.63. The molecule has 1 N–H and O–H groups in total. The summed E-state index contributed by atoms with van der Waals surface area (Å²) in [5.41, 5.74) is 1.63. The van der Waals surface area contributed by atoms with Crippen LogP contribution in [0.1, 0.15) is 60.3 Å². The normalized spacial score (nSPS) is 15.9. The molecule has 1 aromatic heterocycles. The summed E-state index contributed by atoms with van der Waals surface area (Å²) in [6.07, 6.45) is 7.19. The van der Waals surface area contributed by atoms with E-state index in [-0.39, 0.29) is 5.91 Å². The van der Waals surface area contributed by atoms with Gasteiger partial charge in [0.2, 0.25) is 0 Å². The first-order chi connectivity index (χ1) is 11.7. The molecule has 24 heavy (non-hydrogen) atoms. The molecule has 1 aromatic carbocycles. The van der Waals surface area contributed by atoms with E-state index in [1.165, 1.54) is 25.7 Å². The summed E-state index contributed by atoms with van der Waals surface area (Å²) in [6.45, 7) is 1.91. The van der Waals surface area contributed by atoms with E-state index in [9.17, 15) is 4.79 Å². The number of benzene rings is 1. The topological polar surface area (TPSA) is 55.1 Å². The maximum Gasteiger partial charge on any atom is 0.252 e. The second-order valence-corrected chi connectivity index (χ2v) is 7.40. The third-order valence-corrected chi connectivity index (χ3v) is 5.46. The van der Waals surface area contributed by atoms with Gasteiger partial charge in [0.25, 0.3) is 5.91 Å². The molecule has 3 rings (SSSR count). The fourth-order valence-corrected chi connectivity index (χ4v) is 4.02. The maximum absolute atomic E-state index is 12.7. The molecule has 0 radical (unpaired) electrons. The standard InChI is InChI=1S/C19H24N2O2S/c1-14-12-16(23-21-14)13-24-18-11-7-6-10-17(18)19(22)20-15-8-4-2-3-5-9-15/h6-7,10-12,15H,2-5,8-9,13H2,1H3,(H,20,22). The molecule has 0 aliphatic heterocycles. The Morgan fingerprint density at radius 1 is 1.25 bits per heavy atom. The van der Waals surface area contributed by atoms with Gasteiger partial charge in [-0.15, -0.1) is 11.8 Å². The summed E-state index contributed by atoms with van der Waals surface area (Å²) < 4.78 is 5.25. The number of rotatable bonds is 5. The average molecular weight is 344 g/mol. The molecule has 1 fully saturated rings. The van der Waals surface area contributed by atoms with Crippen LogP contribution in [-0.4, -0.2) is 17.1 Å². The highest BCUT2D eigenvalue weighted by molar-refractivity contribution is 7.98. The minimum atomic E-state index is 0.0405. The largest absolute Gasteiger partial charge is 0.360 e. The Kier molecular flexibility index (Phi) is 5.96. The highest BCUT2D eigenvalue weighted by Gasteiger charge is 2.18. The van der Waals surface area contributed by atoms with E-state index in [1.807, 2.05) is 37.3 Å². The quantitative estimate of drug-likeness (QED) is 0.629. The first kappa shape index (κ1) is 17.1. The van der Waals surface area contributed by atoms with E-state index in [2.05, 4.69) is 10.5 Å². The van der Waals surface area contributed by atoms with E-state index in [0.29, 0.717) is 11.8 Å². The number of hydrogen-bond acceptors (Lipinski definition) is 4. The lowest BCUT2D eigenvalue weighted by Gasteiger charge is -2.17. The van der Waals surface area contributed by atoms with Crippen molar-refractivity contribution in [3.8, 4) is 0 Å². The van der Waals surface area contributed by atoms with E-state index < -0.39 is 0 Å². The Hall–Kier alpha value is -1.75. The molecule has 1 aliphatic rings. The van der Waals surface area contributed by atoms with Gasteiger partial charge in [-0.1, -0.05) is 43.0 Å². The van der Waals surface area contributed by atoms with Crippen LogP contribution in [0.25, 0.3) is 0 Å². The lowest BCUT2D eigenvalue weighted by Crippen LogP contribution is -2.34. The van der Waals surface area contributed by atoms with Gasteiger partial charge >= 0.3 is 0 Å². The summed E-state index contributed by atoms with van der Waals surface area (Å²) in [5, 5.41) is 7.13. The SMILES string of the molecule is Cc1cc(CSc2ccccc2C(=O)NC2CCCCCC2)on1. The van der Waals surface area contributed by atoms with Crippen molar-refractivity contribution in [2.24, 2.45) is 0 Å². The Morgan fingerprint density at radius 3 is 2.71 bits per heavy atom.